The lowest BCUT2D eigenvalue weighted by Crippen LogP contribution is -2.31. The van der Waals surface area contributed by atoms with Crippen LogP contribution >= 0.6 is 0 Å². The van der Waals surface area contributed by atoms with E-state index in [1.807, 2.05) is 62.3 Å². The molecule has 0 fully saturated rings. The van der Waals surface area contributed by atoms with Crippen molar-refractivity contribution in [1.29, 1.82) is 0 Å². The molecule has 0 spiro atoms. The Balaban J connectivity index is 1.64. The zero-order chi connectivity index (χ0) is 34.4. The highest BCUT2D eigenvalue weighted by atomic mass is 16.2. The second kappa shape index (κ2) is 8.47. The number of rotatable bonds is 2. The van der Waals surface area contributed by atoms with E-state index in [4.69, 9.17) is 0 Å². The van der Waals surface area contributed by atoms with Gasteiger partial charge in [-0.1, -0.05) is 12.1 Å². The van der Waals surface area contributed by atoms with E-state index in [9.17, 15) is 19.2 Å². The molecule has 8 nitrogen and oxygen atoms in total. The Hall–Kier alpha value is -6.28. The van der Waals surface area contributed by atoms with Crippen molar-refractivity contribution in [2.75, 3.05) is 38.0 Å². The van der Waals surface area contributed by atoms with E-state index >= 15 is 0 Å². The van der Waals surface area contributed by atoms with Gasteiger partial charge < -0.3 is 9.80 Å². The summed E-state index contributed by atoms with van der Waals surface area (Å²) in [7, 11) is 11.1. The lowest BCUT2D eigenvalue weighted by molar-refractivity contribution is 0.841. The summed E-state index contributed by atoms with van der Waals surface area (Å²) in [6, 6.07) is 20.5. The van der Waals surface area contributed by atoms with Crippen LogP contribution in [0.5, 0.6) is 0 Å². The van der Waals surface area contributed by atoms with Crippen LogP contribution in [-0.2, 0) is 14.1 Å². The van der Waals surface area contributed by atoms with Gasteiger partial charge in [-0.3, -0.25) is 28.3 Å². The first-order chi connectivity index (χ1) is 24.0. The summed E-state index contributed by atoms with van der Waals surface area (Å²) >= 11 is 0. The van der Waals surface area contributed by atoms with Gasteiger partial charge in [0.2, 0.25) is 0 Å². The van der Waals surface area contributed by atoms with Crippen molar-refractivity contribution in [2.24, 2.45) is 14.1 Å². The molecule has 0 bridgehead atoms. The van der Waals surface area contributed by atoms with Crippen LogP contribution in [0.2, 0.25) is 0 Å². The number of pyridine rings is 2. The van der Waals surface area contributed by atoms with Gasteiger partial charge in [0, 0.05) is 96.8 Å². The smallest absolute Gasteiger partial charge is 0.261 e. The number of anilines is 2. The highest BCUT2D eigenvalue weighted by molar-refractivity contribution is 6.54. The molecule has 0 saturated heterocycles. The van der Waals surface area contributed by atoms with Gasteiger partial charge in [-0.05, 0) is 113 Å². The van der Waals surface area contributed by atoms with Crippen LogP contribution < -0.4 is 32.0 Å². The average Bonchev–Trinajstić information content (AvgIpc) is 3.12. The van der Waals surface area contributed by atoms with Crippen molar-refractivity contribution in [3.63, 3.8) is 0 Å². The number of hydrogen-bond acceptors (Lipinski definition) is 6. The molecule has 0 aliphatic rings. The highest BCUT2D eigenvalue weighted by Gasteiger charge is 2.30. The van der Waals surface area contributed by atoms with E-state index in [1.165, 1.54) is 9.13 Å². The number of hydrogen-bond donors (Lipinski definition) is 0. The minimum atomic E-state index is -0.330. The Morgan fingerprint density at radius 2 is 0.640 bits per heavy atom. The lowest BCUT2D eigenvalue weighted by atomic mass is 9.77. The maximum absolute atomic E-state index is 14.1. The van der Waals surface area contributed by atoms with Crippen LogP contribution in [0.25, 0.3) is 108 Å². The Labute approximate surface area is 281 Å². The predicted octanol–water partition coefficient (Wildman–Crippen LogP) is 6.66. The van der Waals surface area contributed by atoms with Crippen molar-refractivity contribution in [3.05, 3.63) is 102 Å². The molecule has 8 heteroatoms. The molecule has 0 N–H and O–H groups in total. The van der Waals surface area contributed by atoms with Crippen LogP contribution in [0.3, 0.4) is 0 Å². The summed E-state index contributed by atoms with van der Waals surface area (Å²) in [4.78, 5) is 60.3. The van der Waals surface area contributed by atoms with Gasteiger partial charge in [0.25, 0.3) is 22.2 Å². The van der Waals surface area contributed by atoms with Gasteiger partial charge in [-0.25, -0.2) is 0 Å². The standard InChI is InChI=1S/C42H28N4O4/c1-43(2)17-7-9-19-21(11-17)25-15-29-31-28(40(48)45(5)41(29)49)14-24-20-10-8-18(44(3)4)12-22(20)26-16-30-32-27(39(47)46(6)42(30)50)13-23(19)33-35(25)37(31)34(24)36(26)38(32)33/h7-16H,1-6H3. The molecule has 0 radical (unpaired) electrons. The van der Waals surface area contributed by atoms with Gasteiger partial charge in [0.05, 0.1) is 0 Å². The Morgan fingerprint density at radius 3 is 0.940 bits per heavy atom. The second-order valence-electron chi connectivity index (χ2n) is 14.5. The number of aromatic nitrogens is 2. The average molecular weight is 653 g/mol. The third kappa shape index (κ3) is 2.85. The third-order valence-corrected chi connectivity index (χ3v) is 11.6. The lowest BCUT2D eigenvalue weighted by Gasteiger charge is -2.26. The van der Waals surface area contributed by atoms with Crippen molar-refractivity contribution in [2.45, 2.75) is 0 Å². The van der Waals surface area contributed by atoms with Gasteiger partial charge in [-0.2, -0.15) is 0 Å². The molecule has 0 amide bonds. The van der Waals surface area contributed by atoms with Crippen molar-refractivity contribution in [3.8, 4) is 0 Å². The number of nitrogens with zero attached hydrogens (tertiary/aromatic N) is 4. The summed E-state index contributed by atoms with van der Waals surface area (Å²) in [5.74, 6) is 0. The Kier molecular flexibility index (Phi) is 4.68. The molecule has 0 unspecified atom stereocenters. The molecule has 9 aromatic carbocycles. The van der Waals surface area contributed by atoms with Crippen molar-refractivity contribution < 1.29 is 0 Å². The predicted molar refractivity (Wildman–Crippen MR) is 209 cm³/mol. The summed E-state index contributed by atoms with van der Waals surface area (Å²) in [5, 5.41) is 16.3. The molecular formula is C42H28N4O4. The molecule has 11 rings (SSSR count). The summed E-state index contributed by atoms with van der Waals surface area (Å²) in [5.41, 5.74) is 0.677. The minimum Gasteiger partial charge on any atom is -0.378 e. The van der Waals surface area contributed by atoms with E-state index in [0.29, 0.717) is 32.3 Å². The van der Waals surface area contributed by atoms with Gasteiger partial charge in [0.15, 0.2) is 0 Å². The second-order valence-corrected chi connectivity index (χ2v) is 14.5. The normalized spacial score (nSPS) is 12.9. The van der Waals surface area contributed by atoms with Gasteiger partial charge in [-0.15, -0.1) is 0 Å². The van der Waals surface area contributed by atoms with Crippen LogP contribution in [0.1, 0.15) is 0 Å². The van der Waals surface area contributed by atoms with E-state index in [-0.39, 0.29) is 22.2 Å². The SMILES string of the molecule is CN(C)c1ccc2c(c1)c1cc3c(=O)n(C)c(=O)c4cc5c6ccc(N(C)C)cc6c6cc7c(=O)n(C)c(=O)c8cc2c2c1c(c43)c5c6c2c87. The minimum absolute atomic E-state index is 0.330. The van der Waals surface area contributed by atoms with Crippen LogP contribution in [0.15, 0.2) is 79.8 Å². The van der Waals surface area contributed by atoms with E-state index in [2.05, 4.69) is 36.4 Å². The summed E-state index contributed by atoms with van der Waals surface area (Å²) in [6.07, 6.45) is 0. The first-order valence-corrected chi connectivity index (χ1v) is 16.6. The molecule has 0 atom stereocenters. The molecule has 0 saturated carbocycles. The first-order valence-electron chi connectivity index (χ1n) is 16.6. The summed E-state index contributed by atoms with van der Waals surface area (Å²) in [6.45, 7) is 0. The zero-order valence-corrected chi connectivity index (χ0v) is 28.2. The molecule has 0 aliphatic heterocycles. The molecule has 0 aliphatic carbocycles. The molecule has 2 aromatic heterocycles. The van der Waals surface area contributed by atoms with E-state index in [1.54, 1.807) is 14.1 Å². The van der Waals surface area contributed by atoms with Crippen molar-refractivity contribution >= 4 is 119 Å². The molecule has 240 valence electrons. The fourth-order valence-corrected chi connectivity index (χ4v) is 9.28. The molecule has 2 heterocycles. The number of fused-ring (bicyclic) bond motifs is 6. The monoisotopic (exact) mass is 652 g/mol. The zero-order valence-electron chi connectivity index (χ0n) is 28.2. The first kappa shape index (κ1) is 27.6. The highest BCUT2D eigenvalue weighted by Crippen LogP contribution is 2.55. The fraction of sp³-hybridized carbons (Fsp3) is 0.143. The Morgan fingerprint density at radius 1 is 0.340 bits per heavy atom. The van der Waals surface area contributed by atoms with Crippen LogP contribution in [0.4, 0.5) is 11.4 Å². The Bertz CT molecular complexity index is 3360. The topological polar surface area (TPSA) is 84.6 Å². The molecule has 11 aromatic rings. The van der Waals surface area contributed by atoms with Crippen LogP contribution in [0, 0.1) is 0 Å². The maximum atomic E-state index is 14.1. The van der Waals surface area contributed by atoms with Gasteiger partial charge >= 0.3 is 0 Å². The summed E-state index contributed by atoms with van der Waals surface area (Å²) < 4.78 is 2.45. The largest absolute Gasteiger partial charge is 0.378 e. The molecule has 50 heavy (non-hydrogen) atoms. The third-order valence-electron chi connectivity index (χ3n) is 11.6. The van der Waals surface area contributed by atoms with Crippen LogP contribution in [-0.4, -0.2) is 37.3 Å². The van der Waals surface area contributed by atoms with E-state index < -0.39 is 0 Å². The van der Waals surface area contributed by atoms with E-state index in [0.717, 1.165) is 86.8 Å². The molecular weight excluding hydrogens is 624 g/mol. The number of benzene rings is 9. The fourth-order valence-electron chi connectivity index (χ4n) is 9.28. The van der Waals surface area contributed by atoms with Crippen molar-refractivity contribution in [1.82, 2.24) is 9.13 Å². The maximum Gasteiger partial charge on any atom is 0.261 e. The quantitative estimate of drug-likeness (QED) is 0.154. The van der Waals surface area contributed by atoms with Gasteiger partial charge in [0.1, 0.15) is 0 Å².